The number of aliphatic imine (C=N–C) groups is 1. The fraction of sp³-hybridized carbons (Fsp3) is 0.759. The van der Waals surface area contributed by atoms with E-state index in [0.29, 0.717) is 95.6 Å². The number of rotatable bonds is 32. The topological polar surface area (TPSA) is 273 Å². The Balaban J connectivity index is -0.000000348. The molecule has 4 N–H and O–H groups in total. The van der Waals surface area contributed by atoms with Gasteiger partial charge in [-0.2, -0.15) is 0 Å². The first-order valence-electron chi connectivity index (χ1n) is 53.6. The van der Waals surface area contributed by atoms with E-state index in [9.17, 15) is 36.0 Å². The van der Waals surface area contributed by atoms with Crippen LogP contribution >= 0.6 is 0 Å². The van der Waals surface area contributed by atoms with Crippen molar-refractivity contribution in [3.63, 3.8) is 0 Å². The first-order valence-corrected chi connectivity index (χ1v) is 57.4. The van der Waals surface area contributed by atoms with Crippen LogP contribution in [0.2, 0.25) is 0 Å². The van der Waals surface area contributed by atoms with Crippen LogP contribution in [-0.4, -0.2) is 158 Å². The number of hydrogen-bond donors (Lipinski definition) is 4. The predicted octanol–water partition coefficient (Wildman–Crippen LogP) is 27.7. The molecule has 21 nitrogen and oxygen atoms in total. The molecule has 25 heteroatoms. The van der Waals surface area contributed by atoms with Gasteiger partial charge in [0.1, 0.15) is 16.9 Å². The van der Waals surface area contributed by atoms with Gasteiger partial charge in [0.2, 0.25) is 51.6 Å². The number of amides is 4. The van der Waals surface area contributed by atoms with Gasteiger partial charge in [-0.1, -0.05) is 332 Å². The molecule has 141 heavy (non-hydrogen) atoms. The van der Waals surface area contributed by atoms with Crippen LogP contribution in [0.25, 0.3) is 0 Å². The van der Waals surface area contributed by atoms with Gasteiger partial charge in [0.05, 0.1) is 29.6 Å². The molecule has 5 aromatic rings. The average molecular weight is 2160 g/mol. The summed E-state index contributed by atoms with van der Waals surface area (Å²) in [4.78, 5) is 50.3. The van der Waals surface area contributed by atoms with Crippen LogP contribution in [0.3, 0.4) is 0 Å². The van der Waals surface area contributed by atoms with Crippen molar-refractivity contribution in [2.45, 2.75) is 438 Å². The molecule has 0 saturated heterocycles. The molecular formula is C116H213N12O9S2Y2-. The van der Waals surface area contributed by atoms with Crippen molar-refractivity contribution in [3.8, 4) is 0 Å². The molecule has 0 spiro atoms. The van der Waals surface area contributed by atoms with Crippen molar-refractivity contribution in [1.29, 1.82) is 0 Å². The zero-order valence-electron chi connectivity index (χ0n) is 97.6. The molecule has 4 saturated carbocycles. The molecule has 2 aromatic heterocycles. The fourth-order valence-electron chi connectivity index (χ4n) is 13.6. The Morgan fingerprint density at radius 2 is 1.12 bits per heavy atom. The minimum absolute atomic E-state index is 0. The van der Waals surface area contributed by atoms with Crippen molar-refractivity contribution < 1.29 is 110 Å². The van der Waals surface area contributed by atoms with Crippen molar-refractivity contribution in [2.75, 3.05) is 59.3 Å². The van der Waals surface area contributed by atoms with E-state index >= 15 is 0 Å². The van der Waals surface area contributed by atoms with Crippen LogP contribution < -0.4 is 20.7 Å². The Kier molecular flexibility index (Phi) is 87.6. The Hall–Kier alpha value is -4.77. The van der Waals surface area contributed by atoms with E-state index in [1.54, 1.807) is 31.9 Å². The third-order valence-corrected chi connectivity index (χ3v) is 26.0. The molecule has 1 unspecified atom stereocenters. The summed E-state index contributed by atoms with van der Waals surface area (Å²) in [5, 5.41) is 24.0. The smallest absolute Gasteiger partial charge is 0.245 e. The Morgan fingerprint density at radius 3 is 1.47 bits per heavy atom. The molecule has 3 heterocycles. The Labute approximate surface area is 918 Å². The van der Waals surface area contributed by atoms with E-state index in [2.05, 4.69) is 305 Å². The first kappa shape index (κ1) is 147. The van der Waals surface area contributed by atoms with Crippen LogP contribution in [0.5, 0.6) is 0 Å². The summed E-state index contributed by atoms with van der Waals surface area (Å²) < 4.78 is 53.5. The number of aromatic nitrogens is 5. The van der Waals surface area contributed by atoms with Crippen LogP contribution in [0.4, 0.5) is 0 Å². The molecule has 4 fully saturated rings. The van der Waals surface area contributed by atoms with E-state index in [1.165, 1.54) is 113 Å². The second-order valence-electron chi connectivity index (χ2n) is 45.0. The van der Waals surface area contributed by atoms with Gasteiger partial charge in [-0.25, -0.2) is 35.8 Å². The number of carbonyl (C=O) groups is 4. The summed E-state index contributed by atoms with van der Waals surface area (Å²) in [5.41, 5.74) is 6.96. The third-order valence-electron chi connectivity index (χ3n) is 23.6. The van der Waals surface area contributed by atoms with Crippen LogP contribution in [0.15, 0.2) is 88.4 Å². The number of nitrogens with zero attached hydrogens (tertiary/aromatic N) is 8. The minimum atomic E-state index is -2.97. The van der Waals surface area contributed by atoms with Crippen molar-refractivity contribution in [1.82, 2.24) is 50.8 Å². The molecular weight excluding hydrogens is 1950 g/mol. The fourth-order valence-corrected chi connectivity index (χ4v) is 14.2. The Morgan fingerprint density at radius 1 is 0.596 bits per heavy atom. The van der Waals surface area contributed by atoms with Gasteiger partial charge in [-0.3, -0.25) is 42.9 Å². The van der Waals surface area contributed by atoms with Crippen LogP contribution in [0.1, 0.15) is 446 Å². The standard InChI is InChI=1S/C11H16.C10H19N2.C10H21NO.C9H19NO.2C9H18.C9H12.C9H10.C8H12N2O.C8H15NO.C8H17NO.C7H13N3.C5H13NO2S.C4H10O2S.2Y/c1-4-10-6-5-7-11(8-10)9(2)3;1-9(2)5-4-6-10-11-7-8-12(10)3;1-6-11-9(12)10(4,5)7-8(2)3;1-4-7-10-9(11)6-5-8(2)3;1-9(2,3)8-6-4-5-7-8;3*1-8(2)9-6-4-3-5-7-9;1-5(2)7-9-10-8(11-7)6-3-4-6;1-6(2)5-9-8(10)7-3-4-7;1-7(2)5-6-9(4)8(3)10;1-6(2)5-10-7(3)4-8-9-10;1-5(2)4-6-9(3,7)8;1-4(2)7(3,5)6;;/h5-9H,4H2,1-3H3;7-10H,4-6H2,1-3H3;8H,6-7H2,1-5H3,(H,11,12);8H,4-7H2,1-3H3,(H,10,11);8H,4-7H2,1-3H3;8-9H,3-7H2,1-2H3;3-8H,1-2H3;3-5,8H,1-2H3;5-6H,3-4H2,1-2H3;6-7H,3-5H2,1-2H3,(H,9,10);7H,5-6H2,1-4H3;4,6H,5H2,1-3H3;5-6H,4H2,1-3H3;4H,1-3H3;;/q;+1;;;;;;-2;;;;;;;;. The second kappa shape index (κ2) is 84.1. The largest absolute Gasteiger partial charge is 0.425 e. The van der Waals surface area contributed by atoms with E-state index in [0.717, 1.165) is 131 Å². The van der Waals surface area contributed by atoms with E-state index < -0.39 is 19.9 Å². The molecule has 1 atom stereocenters. The molecule has 10 rings (SSSR count). The van der Waals surface area contributed by atoms with Gasteiger partial charge in [0, 0.05) is 161 Å². The minimum Gasteiger partial charge on any atom is -0.425 e. The molecule has 4 aliphatic carbocycles. The van der Waals surface area contributed by atoms with Gasteiger partial charge in [-0.15, -0.1) is 15.3 Å². The van der Waals surface area contributed by atoms with Gasteiger partial charge in [0.25, 0.3) is 0 Å². The predicted molar refractivity (Wildman–Crippen MR) is 595 cm³/mol. The number of sulfonamides is 1. The van der Waals surface area contributed by atoms with Gasteiger partial charge < -0.3 is 37.4 Å². The molecule has 3 aromatic carbocycles. The number of aryl methyl sites for hydroxylation is 2. The van der Waals surface area contributed by atoms with E-state index in [4.69, 9.17) is 4.42 Å². The van der Waals surface area contributed by atoms with Crippen molar-refractivity contribution in [2.24, 2.45) is 80.9 Å². The number of sulfone groups is 1. The maximum absolute atomic E-state index is 11.5. The monoisotopic (exact) mass is 2160 g/mol. The van der Waals surface area contributed by atoms with E-state index in [-0.39, 0.29) is 99.7 Å². The van der Waals surface area contributed by atoms with Gasteiger partial charge in [-0.05, 0) is 198 Å². The molecule has 4 amide bonds. The zero-order valence-corrected chi connectivity index (χ0v) is 105. The second-order valence-corrected chi connectivity index (χ2v) is 49.5. The number of carbonyl (C=O) groups excluding carboxylic acids is 4. The summed E-state index contributed by atoms with van der Waals surface area (Å²) in [5.74, 6) is 12.8. The normalized spacial score (nSPS) is 14.2. The van der Waals surface area contributed by atoms with Gasteiger partial charge in [0.15, 0.2) is 6.21 Å². The summed E-state index contributed by atoms with van der Waals surface area (Å²) in [6, 6.07) is 31.4. The average Bonchev–Trinajstić information content (AvgIpc) is 1.68. The SMILES string of the molecule is CC(=O)N(C)CCC(C)C.CC(C)(C)C1CCCC1.CC(C)C1CCCCC1.CC(C)CCCC1N=CC=[N+]1C.CC(C)CNC(=O)C1CC1.CC(C)CNS(C)(=O)=O.CC(C)S(C)(=O)=O.CC(C)c1[c-]ccc[c-]1.CC(C)c1ccccc1.CC(C)c1nnc(C2CC2)o1.CCCNC(=O)CCC(C)C.CCNC(=O)C(C)(C)CC(C)C.CCc1cccc(C(C)C)c1.Cc1cnnn1CC(C)C.[Y].[Y]. The molecule has 2 radical (unpaired) electrons. The van der Waals surface area contributed by atoms with Crippen molar-refractivity contribution >= 4 is 55.9 Å². The number of benzene rings is 3. The number of nitrogens with one attached hydrogen (secondary N) is 4. The van der Waals surface area contributed by atoms with Crippen molar-refractivity contribution in [3.05, 3.63) is 131 Å². The molecule has 810 valence electrons. The molecule has 1 aliphatic heterocycles. The summed E-state index contributed by atoms with van der Waals surface area (Å²) in [6.45, 7) is 80.8. The van der Waals surface area contributed by atoms with Crippen LogP contribution in [0, 0.1) is 95.0 Å². The van der Waals surface area contributed by atoms with Gasteiger partial charge >= 0.3 is 0 Å². The quantitative estimate of drug-likeness (QED) is 0.0231. The molecule has 0 bridgehead atoms. The summed E-state index contributed by atoms with van der Waals surface area (Å²) >= 11 is 0. The number of hydrogen-bond acceptors (Lipinski definition) is 14. The maximum Gasteiger partial charge on any atom is 0.245 e. The van der Waals surface area contributed by atoms with Crippen LogP contribution in [-0.2, 0) is 117 Å². The van der Waals surface area contributed by atoms with E-state index in [1.807, 2.05) is 90.0 Å². The maximum atomic E-state index is 11.5. The summed E-state index contributed by atoms with van der Waals surface area (Å²) in [7, 11) is -1.78. The third kappa shape index (κ3) is 86.9. The zero-order chi connectivity index (χ0) is 107. The Bertz CT molecular complexity index is 4110. The summed E-state index contributed by atoms with van der Waals surface area (Å²) in [6.07, 6.45) is 36.2. The first-order chi connectivity index (χ1) is 64.6. The molecule has 5 aliphatic rings.